The van der Waals surface area contributed by atoms with Gasteiger partial charge >= 0.3 is 0 Å². The first-order valence-electron chi connectivity index (χ1n) is 6.98. The third kappa shape index (κ3) is 1.35. The zero-order chi connectivity index (χ0) is 14.1. The molecule has 0 saturated carbocycles. The second-order valence-corrected chi connectivity index (χ2v) is 5.60. The molecule has 0 aromatic heterocycles. The molecule has 1 aliphatic heterocycles. The Morgan fingerprint density at radius 2 is 1.57 bits per heavy atom. The molecule has 0 fully saturated rings. The van der Waals surface area contributed by atoms with Crippen molar-refractivity contribution in [2.24, 2.45) is 0 Å². The van der Waals surface area contributed by atoms with Crippen molar-refractivity contribution in [3.8, 4) is 0 Å². The van der Waals surface area contributed by atoms with Crippen LogP contribution in [0.3, 0.4) is 0 Å². The molecule has 0 saturated heterocycles. The number of rotatable bonds is 0. The molecule has 3 aromatic carbocycles. The lowest BCUT2D eigenvalue weighted by atomic mass is 9.87. The monoisotopic (exact) mass is 276 g/mol. The Labute approximate surface area is 120 Å². The molecule has 2 aliphatic rings. The third-order valence-corrected chi connectivity index (χ3v) is 4.45. The molecule has 21 heavy (non-hydrogen) atoms. The average Bonchev–Trinajstić information content (AvgIpc) is 3.32. The van der Waals surface area contributed by atoms with Crippen LogP contribution in [0.5, 0.6) is 0 Å². The van der Waals surface area contributed by atoms with Gasteiger partial charge in [-0.15, -0.1) is 0 Å². The second-order valence-electron chi connectivity index (χ2n) is 5.60. The van der Waals surface area contributed by atoms with E-state index in [9.17, 15) is 10.2 Å². The molecule has 0 unspecified atom stereocenters. The van der Waals surface area contributed by atoms with Gasteiger partial charge in [-0.05, 0) is 21.7 Å². The summed E-state index contributed by atoms with van der Waals surface area (Å²) in [4.78, 5) is 0. The van der Waals surface area contributed by atoms with Gasteiger partial charge in [-0.1, -0.05) is 48.5 Å². The lowest BCUT2D eigenvalue weighted by Gasteiger charge is -2.20. The van der Waals surface area contributed by atoms with Crippen LogP contribution in [0, 0.1) is 0 Å². The van der Waals surface area contributed by atoms with Crippen molar-refractivity contribution in [1.29, 1.82) is 0 Å². The number of aliphatic hydroxyl groups excluding tert-OH is 2. The van der Waals surface area contributed by atoms with Crippen LogP contribution in [0.25, 0.3) is 27.3 Å². The Kier molecular flexibility index (Phi) is 1.96. The van der Waals surface area contributed by atoms with Crippen molar-refractivity contribution >= 4 is 27.3 Å². The Bertz CT molecular complexity index is 955. The van der Waals surface area contributed by atoms with Crippen molar-refractivity contribution < 1.29 is 14.9 Å². The van der Waals surface area contributed by atoms with E-state index in [4.69, 9.17) is 4.74 Å². The maximum atomic E-state index is 10.3. The van der Waals surface area contributed by atoms with Gasteiger partial charge < -0.3 is 14.9 Å². The highest BCUT2D eigenvalue weighted by molar-refractivity contribution is 6.13. The second kappa shape index (κ2) is 3.64. The van der Waals surface area contributed by atoms with Gasteiger partial charge in [0, 0.05) is 10.9 Å². The van der Waals surface area contributed by atoms with Crippen LogP contribution in [0.2, 0.25) is 0 Å². The SMILES string of the molecule is O[C@H]1C2=C(O2)c2c(ccc3ccc4ccccc4c23)[C@@H]1O. The minimum atomic E-state index is -0.945. The zero-order valence-electron chi connectivity index (χ0n) is 11.1. The molecular weight excluding hydrogens is 264 g/mol. The van der Waals surface area contributed by atoms with Crippen LogP contribution in [-0.4, -0.2) is 16.3 Å². The highest BCUT2D eigenvalue weighted by Gasteiger charge is 2.45. The van der Waals surface area contributed by atoms with Crippen molar-refractivity contribution in [2.75, 3.05) is 0 Å². The first-order valence-corrected chi connectivity index (χ1v) is 6.98. The van der Waals surface area contributed by atoms with Gasteiger partial charge in [0.05, 0.1) is 0 Å². The Morgan fingerprint density at radius 1 is 0.810 bits per heavy atom. The van der Waals surface area contributed by atoms with Crippen molar-refractivity contribution in [3.63, 3.8) is 0 Å². The van der Waals surface area contributed by atoms with E-state index >= 15 is 0 Å². The predicted molar refractivity (Wildman–Crippen MR) is 80.4 cm³/mol. The van der Waals surface area contributed by atoms with E-state index in [0.29, 0.717) is 5.76 Å². The summed E-state index contributed by atoms with van der Waals surface area (Å²) in [6, 6.07) is 16.2. The predicted octanol–water partition coefficient (Wildman–Crippen LogP) is 3.10. The highest BCUT2D eigenvalue weighted by atomic mass is 16.6. The lowest BCUT2D eigenvalue weighted by Crippen LogP contribution is -2.20. The molecule has 3 nitrogen and oxygen atoms in total. The third-order valence-electron chi connectivity index (χ3n) is 4.45. The van der Waals surface area contributed by atoms with E-state index < -0.39 is 12.2 Å². The van der Waals surface area contributed by atoms with Gasteiger partial charge in [0.1, 0.15) is 12.2 Å². The van der Waals surface area contributed by atoms with Gasteiger partial charge in [0.2, 0.25) is 0 Å². The topological polar surface area (TPSA) is 53.0 Å². The standard InChI is InChI=1S/C18H12O3/c19-15-12-8-7-10-6-5-9-3-1-2-4-11(9)13(10)14(12)17-18(21-17)16(15)20/h1-8,15-16,19-20H/t15-,16+/m0/s1. The van der Waals surface area contributed by atoms with Gasteiger partial charge in [-0.25, -0.2) is 0 Å². The largest absolute Gasteiger partial charge is 0.451 e. The lowest BCUT2D eigenvalue weighted by molar-refractivity contribution is 0.0325. The Morgan fingerprint density at radius 3 is 2.48 bits per heavy atom. The van der Waals surface area contributed by atoms with Crippen molar-refractivity contribution in [1.82, 2.24) is 0 Å². The molecular formula is C18H12O3. The number of hydrogen-bond donors (Lipinski definition) is 2. The molecule has 0 bridgehead atoms. The first kappa shape index (κ1) is 11.3. The zero-order valence-corrected chi connectivity index (χ0v) is 11.1. The number of aliphatic hydroxyl groups is 2. The van der Waals surface area contributed by atoms with E-state index in [-0.39, 0.29) is 0 Å². The first-order chi connectivity index (χ1) is 10.3. The molecule has 0 spiro atoms. The summed E-state index contributed by atoms with van der Waals surface area (Å²) in [6.45, 7) is 0. The molecule has 2 N–H and O–H groups in total. The quantitative estimate of drug-likeness (QED) is 0.620. The summed E-state index contributed by atoms with van der Waals surface area (Å²) >= 11 is 0. The smallest absolute Gasteiger partial charge is 0.179 e. The molecule has 102 valence electrons. The van der Waals surface area contributed by atoms with E-state index in [1.54, 1.807) is 0 Å². The fourth-order valence-electron chi connectivity index (χ4n) is 3.37. The molecule has 0 amide bonds. The summed E-state index contributed by atoms with van der Waals surface area (Å²) in [7, 11) is 0. The number of ether oxygens (including phenoxy) is 1. The fraction of sp³-hybridized carbons (Fsp3) is 0.111. The number of benzene rings is 3. The van der Waals surface area contributed by atoms with E-state index in [1.807, 2.05) is 24.3 Å². The van der Waals surface area contributed by atoms with Crippen molar-refractivity contribution in [2.45, 2.75) is 12.2 Å². The fourth-order valence-corrected chi connectivity index (χ4v) is 3.37. The highest BCUT2D eigenvalue weighted by Crippen LogP contribution is 2.51. The summed E-state index contributed by atoms with van der Waals surface area (Å²) in [5, 5.41) is 24.8. The minimum absolute atomic E-state index is 0.510. The van der Waals surface area contributed by atoms with Crippen LogP contribution in [0.15, 0.2) is 54.3 Å². The van der Waals surface area contributed by atoms with Crippen LogP contribution in [0.4, 0.5) is 0 Å². The van der Waals surface area contributed by atoms with E-state index in [1.165, 1.54) is 0 Å². The minimum Gasteiger partial charge on any atom is -0.451 e. The summed E-state index contributed by atoms with van der Waals surface area (Å²) in [5.41, 5.74) is 1.67. The van der Waals surface area contributed by atoms with Crippen LogP contribution in [0.1, 0.15) is 17.2 Å². The average molecular weight is 276 g/mol. The molecule has 5 rings (SSSR count). The number of hydrogen-bond acceptors (Lipinski definition) is 3. The maximum absolute atomic E-state index is 10.3. The van der Waals surface area contributed by atoms with Crippen molar-refractivity contribution in [3.05, 3.63) is 65.4 Å². The van der Waals surface area contributed by atoms with Gasteiger partial charge in [0.15, 0.2) is 11.5 Å². The molecule has 3 aromatic rings. The molecule has 2 atom stereocenters. The molecule has 3 heteroatoms. The number of fused-ring (bicyclic) bond motifs is 6. The van der Waals surface area contributed by atoms with Gasteiger partial charge in [-0.2, -0.15) is 0 Å². The van der Waals surface area contributed by atoms with E-state index in [0.717, 1.165) is 38.4 Å². The van der Waals surface area contributed by atoms with Crippen LogP contribution < -0.4 is 0 Å². The normalized spacial score (nSPS) is 23.0. The molecule has 1 heterocycles. The molecule has 1 aliphatic carbocycles. The van der Waals surface area contributed by atoms with Gasteiger partial charge in [-0.3, -0.25) is 0 Å². The Hall–Kier alpha value is -2.36. The maximum Gasteiger partial charge on any atom is 0.179 e. The Balaban J connectivity index is 2.00. The van der Waals surface area contributed by atoms with Crippen LogP contribution in [-0.2, 0) is 4.74 Å². The molecule has 0 radical (unpaired) electrons. The summed E-state index contributed by atoms with van der Waals surface area (Å²) in [5.74, 6) is 1.24. The van der Waals surface area contributed by atoms with Gasteiger partial charge in [0.25, 0.3) is 0 Å². The van der Waals surface area contributed by atoms with Crippen LogP contribution >= 0.6 is 0 Å². The van der Waals surface area contributed by atoms with E-state index in [2.05, 4.69) is 24.3 Å². The summed E-state index contributed by atoms with van der Waals surface area (Å²) < 4.78 is 5.47. The summed E-state index contributed by atoms with van der Waals surface area (Å²) in [6.07, 6.45) is -1.87.